The van der Waals surface area contributed by atoms with E-state index in [0.717, 1.165) is 0 Å². The van der Waals surface area contributed by atoms with Crippen molar-refractivity contribution in [1.82, 2.24) is 0 Å². The Hall–Kier alpha value is -0.310. The molecular formula is C9H10Cl2FN. The highest BCUT2D eigenvalue weighted by Crippen LogP contribution is 2.30. The number of alkyl halides is 1. The summed E-state index contributed by atoms with van der Waals surface area (Å²) < 4.78 is 12.0. The largest absolute Gasteiger partial charge is 0.324 e. The lowest BCUT2D eigenvalue weighted by Crippen LogP contribution is -2.12. The van der Waals surface area contributed by atoms with Crippen LogP contribution < -0.4 is 5.73 Å². The molecule has 0 aromatic heterocycles. The van der Waals surface area contributed by atoms with Crippen molar-refractivity contribution in [2.45, 2.75) is 12.5 Å². The van der Waals surface area contributed by atoms with Gasteiger partial charge in [0.1, 0.15) is 0 Å². The molecule has 1 aromatic rings. The number of hydrogen-bond acceptors (Lipinski definition) is 1. The smallest absolute Gasteiger partial charge is 0.0912 e. The molecule has 0 amide bonds. The second kappa shape index (κ2) is 4.80. The topological polar surface area (TPSA) is 26.0 Å². The molecule has 0 radical (unpaired) electrons. The van der Waals surface area contributed by atoms with E-state index in [9.17, 15) is 4.39 Å². The van der Waals surface area contributed by atoms with Crippen molar-refractivity contribution in [2.75, 3.05) is 6.67 Å². The highest BCUT2D eigenvalue weighted by molar-refractivity contribution is 6.36. The number of rotatable bonds is 3. The monoisotopic (exact) mass is 221 g/mol. The van der Waals surface area contributed by atoms with E-state index in [-0.39, 0.29) is 6.42 Å². The molecule has 2 N–H and O–H groups in total. The van der Waals surface area contributed by atoms with E-state index in [1.165, 1.54) is 0 Å². The van der Waals surface area contributed by atoms with Crippen LogP contribution in [0.25, 0.3) is 0 Å². The molecule has 0 aliphatic heterocycles. The van der Waals surface area contributed by atoms with E-state index in [2.05, 4.69) is 0 Å². The first-order valence-corrected chi connectivity index (χ1v) is 4.68. The molecule has 13 heavy (non-hydrogen) atoms. The molecule has 0 aliphatic rings. The lowest BCUT2D eigenvalue weighted by atomic mass is 10.1. The average Bonchev–Trinajstić information content (AvgIpc) is 2.04. The van der Waals surface area contributed by atoms with Gasteiger partial charge in [0.2, 0.25) is 0 Å². The second-order valence-corrected chi connectivity index (χ2v) is 3.53. The van der Waals surface area contributed by atoms with Gasteiger partial charge in [0.25, 0.3) is 0 Å². The first kappa shape index (κ1) is 10.8. The van der Waals surface area contributed by atoms with Gasteiger partial charge < -0.3 is 5.73 Å². The van der Waals surface area contributed by atoms with Crippen molar-refractivity contribution in [1.29, 1.82) is 0 Å². The fourth-order valence-corrected chi connectivity index (χ4v) is 1.80. The fourth-order valence-electron chi connectivity index (χ4n) is 1.13. The summed E-state index contributed by atoms with van der Waals surface area (Å²) in [7, 11) is 0. The number of halogens is 3. The van der Waals surface area contributed by atoms with Gasteiger partial charge in [-0.3, -0.25) is 4.39 Å². The zero-order valence-electron chi connectivity index (χ0n) is 6.93. The highest BCUT2D eigenvalue weighted by atomic mass is 35.5. The maximum atomic E-state index is 12.0. The molecule has 1 nitrogen and oxygen atoms in total. The Morgan fingerprint density at radius 3 is 2.31 bits per heavy atom. The maximum Gasteiger partial charge on any atom is 0.0912 e. The van der Waals surface area contributed by atoms with Crippen LogP contribution in [0.15, 0.2) is 18.2 Å². The van der Waals surface area contributed by atoms with Gasteiger partial charge in [-0.05, 0) is 18.6 Å². The van der Waals surface area contributed by atoms with Crippen LogP contribution in [-0.2, 0) is 0 Å². The Kier molecular flexibility index (Phi) is 3.97. The summed E-state index contributed by atoms with van der Waals surface area (Å²) >= 11 is 11.7. The van der Waals surface area contributed by atoms with Gasteiger partial charge in [0.15, 0.2) is 0 Å². The van der Waals surface area contributed by atoms with Crippen LogP contribution in [0, 0.1) is 0 Å². The molecular weight excluding hydrogens is 212 g/mol. The summed E-state index contributed by atoms with van der Waals surface area (Å²) in [6.07, 6.45) is 0.240. The van der Waals surface area contributed by atoms with Crippen molar-refractivity contribution in [3.8, 4) is 0 Å². The predicted octanol–water partition coefficient (Wildman–Crippen LogP) is 3.35. The lowest BCUT2D eigenvalue weighted by Gasteiger charge is -2.13. The average molecular weight is 222 g/mol. The van der Waals surface area contributed by atoms with Crippen molar-refractivity contribution < 1.29 is 4.39 Å². The maximum absolute atomic E-state index is 12.0. The van der Waals surface area contributed by atoms with Crippen LogP contribution in [0.3, 0.4) is 0 Å². The Labute approximate surface area is 86.6 Å². The highest BCUT2D eigenvalue weighted by Gasteiger charge is 2.13. The van der Waals surface area contributed by atoms with Gasteiger partial charge in [-0.2, -0.15) is 0 Å². The van der Waals surface area contributed by atoms with Gasteiger partial charge in [-0.15, -0.1) is 0 Å². The van der Waals surface area contributed by atoms with Crippen molar-refractivity contribution in [3.05, 3.63) is 33.8 Å². The van der Waals surface area contributed by atoms with E-state index in [1.54, 1.807) is 18.2 Å². The van der Waals surface area contributed by atoms with Crippen LogP contribution in [0.1, 0.15) is 18.0 Å². The molecule has 1 rings (SSSR count). The standard InChI is InChI=1S/C9H10Cl2FN/c10-6-2-1-3-7(11)9(6)8(13)4-5-12/h1-3,8H,4-5,13H2/t8-/m1/s1. The van der Waals surface area contributed by atoms with Gasteiger partial charge in [0.05, 0.1) is 6.67 Å². The van der Waals surface area contributed by atoms with Crippen molar-refractivity contribution in [3.63, 3.8) is 0 Å². The first-order chi connectivity index (χ1) is 6.16. The molecule has 72 valence electrons. The Morgan fingerprint density at radius 1 is 1.31 bits per heavy atom. The minimum Gasteiger partial charge on any atom is -0.324 e. The zero-order chi connectivity index (χ0) is 9.84. The van der Waals surface area contributed by atoms with Crippen LogP contribution in [0.5, 0.6) is 0 Å². The summed E-state index contributed by atoms with van der Waals surface area (Å²) in [5.74, 6) is 0. The first-order valence-electron chi connectivity index (χ1n) is 3.92. The molecule has 0 saturated heterocycles. The van der Waals surface area contributed by atoms with Crippen LogP contribution in [0.4, 0.5) is 4.39 Å². The van der Waals surface area contributed by atoms with Gasteiger partial charge in [-0.1, -0.05) is 29.3 Å². The molecule has 1 atom stereocenters. The lowest BCUT2D eigenvalue weighted by molar-refractivity contribution is 0.442. The molecule has 0 saturated carbocycles. The quantitative estimate of drug-likeness (QED) is 0.833. The van der Waals surface area contributed by atoms with Crippen molar-refractivity contribution in [2.24, 2.45) is 5.73 Å². The number of hydrogen-bond donors (Lipinski definition) is 1. The van der Waals surface area contributed by atoms with Crippen molar-refractivity contribution >= 4 is 23.2 Å². The van der Waals surface area contributed by atoms with Crippen LogP contribution in [-0.4, -0.2) is 6.67 Å². The van der Waals surface area contributed by atoms with E-state index in [4.69, 9.17) is 28.9 Å². The van der Waals surface area contributed by atoms with E-state index in [1.807, 2.05) is 0 Å². The second-order valence-electron chi connectivity index (χ2n) is 2.72. The summed E-state index contributed by atoms with van der Waals surface area (Å²) in [4.78, 5) is 0. The SMILES string of the molecule is N[C@H](CCF)c1c(Cl)cccc1Cl. The summed E-state index contributed by atoms with van der Waals surface area (Å²) in [6.45, 7) is -0.470. The zero-order valence-corrected chi connectivity index (χ0v) is 8.45. The molecule has 0 bridgehead atoms. The number of benzene rings is 1. The van der Waals surface area contributed by atoms with E-state index in [0.29, 0.717) is 15.6 Å². The minimum absolute atomic E-state index is 0.240. The minimum atomic E-state index is -0.470. The van der Waals surface area contributed by atoms with Gasteiger partial charge in [0, 0.05) is 21.7 Å². The summed E-state index contributed by atoms with van der Waals surface area (Å²) in [5.41, 5.74) is 6.33. The third-order valence-corrected chi connectivity index (χ3v) is 2.45. The predicted molar refractivity (Wildman–Crippen MR) is 54.0 cm³/mol. The Bertz CT molecular complexity index is 271. The molecule has 0 fully saturated rings. The molecule has 0 aliphatic carbocycles. The molecule has 0 unspecified atom stereocenters. The molecule has 1 aromatic carbocycles. The number of nitrogens with two attached hydrogens (primary N) is 1. The molecule has 0 spiro atoms. The van der Waals surface area contributed by atoms with Crippen LogP contribution in [0.2, 0.25) is 10.0 Å². The van der Waals surface area contributed by atoms with Crippen LogP contribution >= 0.6 is 23.2 Å². The summed E-state index contributed by atoms with van der Waals surface area (Å²) in [5, 5.41) is 0.988. The molecule has 4 heteroatoms. The van der Waals surface area contributed by atoms with Gasteiger partial charge >= 0.3 is 0 Å². The third-order valence-electron chi connectivity index (χ3n) is 1.79. The third kappa shape index (κ3) is 2.56. The molecule has 0 heterocycles. The van der Waals surface area contributed by atoms with Gasteiger partial charge in [-0.25, -0.2) is 0 Å². The normalized spacial score (nSPS) is 12.9. The van der Waals surface area contributed by atoms with E-state index < -0.39 is 12.7 Å². The Morgan fingerprint density at radius 2 is 1.85 bits per heavy atom. The Balaban J connectivity index is 2.98. The van der Waals surface area contributed by atoms with E-state index >= 15 is 0 Å². The summed E-state index contributed by atoms with van der Waals surface area (Å²) in [6, 6.07) is 4.70. The fraction of sp³-hybridized carbons (Fsp3) is 0.333.